The predicted octanol–water partition coefficient (Wildman–Crippen LogP) is 7.50. The maximum Gasteiger partial charge on any atom is 0.303 e. The molecule has 0 amide bonds. The van der Waals surface area contributed by atoms with Crippen LogP contribution in [-0.4, -0.2) is 24.1 Å². The molecule has 4 rings (SSSR count). The molecule has 0 saturated heterocycles. The van der Waals surface area contributed by atoms with Crippen LogP contribution in [0.15, 0.2) is 11.6 Å². The second-order valence-electron chi connectivity index (χ2n) is 13.5. The smallest absolute Gasteiger partial charge is 0.303 e. The monoisotopic (exact) mass is 486 g/mol. The summed E-state index contributed by atoms with van der Waals surface area (Å²) in [5.41, 5.74) is 1.67. The lowest BCUT2D eigenvalue weighted by molar-refractivity contribution is -0.155. The van der Waals surface area contributed by atoms with Crippen LogP contribution in [0.5, 0.6) is 0 Å². The van der Waals surface area contributed by atoms with Crippen molar-refractivity contribution in [3.05, 3.63) is 11.6 Å². The van der Waals surface area contributed by atoms with E-state index in [1.807, 2.05) is 0 Å². The van der Waals surface area contributed by atoms with Gasteiger partial charge < -0.3 is 9.47 Å². The fraction of sp³-hybridized carbons (Fsp3) is 0.871. The fourth-order valence-electron chi connectivity index (χ4n) is 9.36. The number of fused-ring (bicyclic) bond motifs is 5. The number of esters is 2. The Hall–Kier alpha value is -1.32. The van der Waals surface area contributed by atoms with Crippen LogP contribution in [0, 0.1) is 46.3 Å². The van der Waals surface area contributed by atoms with Crippen molar-refractivity contribution in [3.8, 4) is 0 Å². The van der Waals surface area contributed by atoms with Crippen LogP contribution in [0.3, 0.4) is 0 Å². The van der Waals surface area contributed by atoms with E-state index in [1.165, 1.54) is 64.4 Å². The highest BCUT2D eigenvalue weighted by Crippen LogP contribution is 2.68. The first-order valence-corrected chi connectivity index (χ1v) is 14.5. The van der Waals surface area contributed by atoms with Crippen molar-refractivity contribution in [1.82, 2.24) is 0 Å². The Labute approximate surface area is 214 Å². The topological polar surface area (TPSA) is 52.6 Å². The summed E-state index contributed by atoms with van der Waals surface area (Å²) in [5, 5.41) is 0. The van der Waals surface area contributed by atoms with Gasteiger partial charge in [-0.15, -0.1) is 0 Å². The number of ether oxygens (including phenoxy) is 2. The molecule has 4 aliphatic rings. The minimum Gasteiger partial charge on any atom is -0.458 e. The number of rotatable bonds is 7. The van der Waals surface area contributed by atoms with Gasteiger partial charge in [-0.25, -0.2) is 0 Å². The molecule has 0 aliphatic heterocycles. The predicted molar refractivity (Wildman–Crippen MR) is 140 cm³/mol. The zero-order valence-corrected chi connectivity index (χ0v) is 23.4. The Bertz CT molecular complexity index is 830. The lowest BCUT2D eigenvalue weighted by Gasteiger charge is -2.60. The molecule has 0 bridgehead atoms. The Morgan fingerprint density at radius 3 is 2.31 bits per heavy atom. The molecule has 4 heteroatoms. The summed E-state index contributed by atoms with van der Waals surface area (Å²) in [5.74, 6) is 3.93. The quantitative estimate of drug-likeness (QED) is 0.276. The lowest BCUT2D eigenvalue weighted by Crippen LogP contribution is -2.55. The molecule has 4 nitrogen and oxygen atoms in total. The standard InChI is InChI=1S/C31H50O4/c1-19(2)9-8-10-20(3)25-11-12-26-24-18-29(35-22(5)33)28-17-23(34-21(4)32)13-15-31(28,7)27(24)14-16-30(25,26)6/h17,19-20,23-27,29H,8-16,18H2,1-7H3/t20-,23+,24+,25-,26+,27+,29-,30-,31-/m1/s1. The molecule has 198 valence electrons. The van der Waals surface area contributed by atoms with Crippen molar-refractivity contribution in [2.45, 2.75) is 125 Å². The van der Waals surface area contributed by atoms with E-state index in [-0.39, 0.29) is 29.6 Å². The summed E-state index contributed by atoms with van der Waals surface area (Å²) in [6.45, 7) is 15.2. The largest absolute Gasteiger partial charge is 0.458 e. The third-order valence-electron chi connectivity index (χ3n) is 10.9. The minimum atomic E-state index is -0.235. The molecule has 9 atom stereocenters. The van der Waals surface area contributed by atoms with Crippen LogP contribution < -0.4 is 0 Å². The molecular weight excluding hydrogens is 436 g/mol. The summed E-state index contributed by atoms with van der Waals surface area (Å²) in [7, 11) is 0. The van der Waals surface area contributed by atoms with Gasteiger partial charge in [0.05, 0.1) is 0 Å². The molecule has 0 aromatic heterocycles. The Balaban J connectivity index is 1.58. The van der Waals surface area contributed by atoms with E-state index in [9.17, 15) is 9.59 Å². The van der Waals surface area contributed by atoms with Crippen LogP contribution in [0.25, 0.3) is 0 Å². The van der Waals surface area contributed by atoms with Gasteiger partial charge in [-0.1, -0.05) is 53.9 Å². The summed E-state index contributed by atoms with van der Waals surface area (Å²) in [6, 6.07) is 0. The number of carbonyl (C=O) groups is 2. The molecule has 0 unspecified atom stereocenters. The van der Waals surface area contributed by atoms with Gasteiger partial charge in [0.15, 0.2) is 0 Å². The zero-order valence-electron chi connectivity index (χ0n) is 23.4. The van der Waals surface area contributed by atoms with Gasteiger partial charge in [0, 0.05) is 13.8 Å². The van der Waals surface area contributed by atoms with Crippen LogP contribution >= 0.6 is 0 Å². The summed E-state index contributed by atoms with van der Waals surface area (Å²) in [4.78, 5) is 23.8. The number of hydrogen-bond acceptors (Lipinski definition) is 4. The van der Waals surface area contributed by atoms with E-state index in [0.29, 0.717) is 17.3 Å². The van der Waals surface area contributed by atoms with Crippen molar-refractivity contribution in [2.75, 3.05) is 0 Å². The number of hydrogen-bond donors (Lipinski definition) is 0. The highest BCUT2D eigenvalue weighted by molar-refractivity contribution is 5.67. The third-order valence-corrected chi connectivity index (χ3v) is 10.9. The highest BCUT2D eigenvalue weighted by Gasteiger charge is 2.61. The molecule has 0 radical (unpaired) electrons. The van der Waals surface area contributed by atoms with Gasteiger partial charge in [0.2, 0.25) is 0 Å². The van der Waals surface area contributed by atoms with Crippen molar-refractivity contribution in [1.29, 1.82) is 0 Å². The maximum absolute atomic E-state index is 12.2. The molecule has 35 heavy (non-hydrogen) atoms. The van der Waals surface area contributed by atoms with Crippen molar-refractivity contribution in [3.63, 3.8) is 0 Å². The van der Waals surface area contributed by atoms with Gasteiger partial charge in [-0.3, -0.25) is 9.59 Å². The van der Waals surface area contributed by atoms with Crippen LogP contribution in [0.4, 0.5) is 0 Å². The van der Waals surface area contributed by atoms with E-state index < -0.39 is 0 Å². The Kier molecular flexibility index (Phi) is 7.80. The Morgan fingerprint density at radius 1 is 0.943 bits per heavy atom. The summed E-state index contributed by atoms with van der Waals surface area (Å²) < 4.78 is 11.6. The van der Waals surface area contributed by atoms with Gasteiger partial charge in [-0.05, 0) is 103 Å². The molecule has 0 aromatic carbocycles. The van der Waals surface area contributed by atoms with Crippen molar-refractivity contribution < 1.29 is 19.1 Å². The summed E-state index contributed by atoms with van der Waals surface area (Å²) in [6.07, 6.45) is 13.9. The number of carbonyl (C=O) groups excluding carboxylic acids is 2. The molecule has 3 fully saturated rings. The third kappa shape index (κ3) is 5.10. The van der Waals surface area contributed by atoms with E-state index in [0.717, 1.165) is 42.9 Å². The second-order valence-corrected chi connectivity index (χ2v) is 13.5. The molecule has 0 heterocycles. The van der Waals surface area contributed by atoms with Gasteiger partial charge in [-0.2, -0.15) is 0 Å². The average molecular weight is 487 g/mol. The normalized spacial score (nSPS) is 41.3. The molecule has 0 N–H and O–H groups in total. The highest BCUT2D eigenvalue weighted by atomic mass is 16.5. The zero-order chi connectivity index (χ0) is 25.5. The van der Waals surface area contributed by atoms with E-state index in [1.54, 1.807) is 0 Å². The first-order valence-electron chi connectivity index (χ1n) is 14.5. The molecular formula is C31H50O4. The maximum atomic E-state index is 12.2. The van der Waals surface area contributed by atoms with E-state index in [2.05, 4.69) is 40.7 Å². The SMILES string of the molecule is CC(=O)O[C@@H]1C=C2[C@H](OC(C)=O)C[C@H]3[C@@H]4CC[C@H]([C@H](C)CCCC(C)C)[C@@]4(C)CC[C@@H]3[C@@]2(C)CC1. The molecule has 4 aliphatic carbocycles. The minimum absolute atomic E-state index is 0.0297. The fourth-order valence-corrected chi connectivity index (χ4v) is 9.36. The first kappa shape index (κ1) is 26.7. The Morgan fingerprint density at radius 2 is 1.66 bits per heavy atom. The lowest BCUT2D eigenvalue weighted by atomic mass is 9.46. The van der Waals surface area contributed by atoms with Gasteiger partial charge in [0.25, 0.3) is 0 Å². The molecule has 0 spiro atoms. The molecule has 3 saturated carbocycles. The molecule has 0 aromatic rings. The van der Waals surface area contributed by atoms with Gasteiger partial charge in [0.1, 0.15) is 12.2 Å². The first-order chi connectivity index (χ1) is 16.5. The summed E-state index contributed by atoms with van der Waals surface area (Å²) >= 11 is 0. The van der Waals surface area contributed by atoms with Gasteiger partial charge >= 0.3 is 11.9 Å². The van der Waals surface area contributed by atoms with Crippen molar-refractivity contribution in [2.24, 2.45) is 46.3 Å². The van der Waals surface area contributed by atoms with Crippen LogP contribution in [0.1, 0.15) is 113 Å². The van der Waals surface area contributed by atoms with E-state index >= 15 is 0 Å². The van der Waals surface area contributed by atoms with E-state index in [4.69, 9.17) is 9.47 Å². The second kappa shape index (κ2) is 10.2. The van der Waals surface area contributed by atoms with Crippen LogP contribution in [-0.2, 0) is 19.1 Å². The van der Waals surface area contributed by atoms with Crippen LogP contribution in [0.2, 0.25) is 0 Å². The average Bonchev–Trinajstić information content (AvgIpc) is 3.11. The van der Waals surface area contributed by atoms with Crippen molar-refractivity contribution >= 4 is 11.9 Å².